The van der Waals surface area contributed by atoms with E-state index in [-0.39, 0.29) is 24.5 Å². The van der Waals surface area contributed by atoms with Crippen LogP contribution in [0.4, 0.5) is 9.59 Å². The summed E-state index contributed by atoms with van der Waals surface area (Å²) in [6.45, 7) is 15.5. The molecule has 4 N–H and O–H groups in total. The van der Waals surface area contributed by atoms with E-state index in [0.717, 1.165) is 24.9 Å². The SMILES string of the molecule is CC(C)CC(C[N+]1(I)CCCC(NC(=O)C(CC(C)C)NC(=O)OC(C)(C)C)C(O)C1)NC(=O)OCc1ccccc1. The molecule has 3 amide bonds. The van der Waals surface area contributed by atoms with E-state index in [1.165, 1.54) is 0 Å². The van der Waals surface area contributed by atoms with Gasteiger partial charge in [0.15, 0.2) is 0 Å². The summed E-state index contributed by atoms with van der Waals surface area (Å²) in [4.78, 5) is 38.4. The molecular formula is C31H52IN4O6+. The summed E-state index contributed by atoms with van der Waals surface area (Å²) in [5.41, 5.74) is 0.245. The highest BCUT2D eigenvalue weighted by Gasteiger charge is 2.39. The van der Waals surface area contributed by atoms with Crippen molar-refractivity contribution in [2.45, 2.75) is 111 Å². The second-order valence-electron chi connectivity index (χ2n) is 13.3. The van der Waals surface area contributed by atoms with Crippen molar-refractivity contribution < 1.29 is 31.7 Å². The molecule has 0 aliphatic carbocycles. The Bertz CT molecular complexity index is 1000. The Morgan fingerprint density at radius 3 is 2.26 bits per heavy atom. The third-order valence-electron chi connectivity index (χ3n) is 6.93. The van der Waals surface area contributed by atoms with E-state index in [0.29, 0.717) is 34.5 Å². The lowest BCUT2D eigenvalue weighted by Gasteiger charge is -2.35. The van der Waals surface area contributed by atoms with Crippen LogP contribution in [-0.4, -0.2) is 75.4 Å². The minimum absolute atomic E-state index is 0.142. The Morgan fingerprint density at radius 1 is 1.02 bits per heavy atom. The van der Waals surface area contributed by atoms with E-state index in [2.05, 4.69) is 52.7 Å². The topological polar surface area (TPSA) is 126 Å². The first-order valence-corrected chi connectivity index (χ1v) is 16.0. The van der Waals surface area contributed by atoms with Crippen molar-refractivity contribution in [3.63, 3.8) is 0 Å². The second kappa shape index (κ2) is 16.7. The molecule has 238 valence electrons. The number of benzene rings is 1. The predicted molar refractivity (Wildman–Crippen MR) is 172 cm³/mol. The Labute approximate surface area is 265 Å². The Morgan fingerprint density at radius 2 is 1.67 bits per heavy atom. The number of aliphatic hydroxyl groups excluding tert-OH is 1. The first-order chi connectivity index (χ1) is 19.5. The maximum atomic E-state index is 13.3. The number of likely N-dealkylation sites (tertiary alicyclic amines) is 1. The molecule has 11 heteroatoms. The molecule has 1 aromatic rings. The molecule has 0 bridgehead atoms. The first-order valence-electron chi connectivity index (χ1n) is 15.1. The van der Waals surface area contributed by atoms with Gasteiger partial charge in [0.05, 0.1) is 18.6 Å². The minimum Gasteiger partial charge on any atom is -0.445 e. The van der Waals surface area contributed by atoms with Crippen LogP contribution in [0.2, 0.25) is 0 Å². The number of ether oxygens (including phenoxy) is 2. The average molecular weight is 704 g/mol. The Balaban J connectivity index is 2.02. The fourth-order valence-corrected chi connectivity index (χ4v) is 6.41. The maximum Gasteiger partial charge on any atom is 0.408 e. The highest BCUT2D eigenvalue weighted by molar-refractivity contribution is 14.1. The second-order valence-corrected chi connectivity index (χ2v) is 15.4. The van der Waals surface area contributed by atoms with Crippen LogP contribution in [0.5, 0.6) is 0 Å². The molecule has 1 fully saturated rings. The van der Waals surface area contributed by atoms with Crippen molar-refractivity contribution in [1.82, 2.24) is 16.0 Å². The molecule has 5 atom stereocenters. The number of halogens is 1. The van der Waals surface area contributed by atoms with Gasteiger partial charge in [0.1, 0.15) is 37.4 Å². The first kappa shape index (κ1) is 36.1. The van der Waals surface area contributed by atoms with E-state index in [1.54, 1.807) is 20.8 Å². The molecule has 2 rings (SSSR count). The van der Waals surface area contributed by atoms with Crippen LogP contribution < -0.4 is 16.0 Å². The van der Waals surface area contributed by atoms with Crippen LogP contribution in [-0.2, 0) is 20.9 Å². The van der Waals surface area contributed by atoms with Gasteiger partial charge in [-0.05, 0) is 63.9 Å². The van der Waals surface area contributed by atoms with Crippen molar-refractivity contribution in [2.24, 2.45) is 11.8 Å². The zero-order valence-corrected chi connectivity index (χ0v) is 28.5. The number of carbonyl (C=O) groups is 3. The maximum absolute atomic E-state index is 13.3. The molecule has 1 aliphatic rings. The number of carbonyl (C=O) groups excluding carboxylic acids is 3. The highest BCUT2D eigenvalue weighted by atomic mass is 127. The molecule has 0 aromatic heterocycles. The summed E-state index contributed by atoms with van der Waals surface area (Å²) in [5.74, 6) is 0.192. The van der Waals surface area contributed by atoms with Crippen molar-refractivity contribution in [3.8, 4) is 0 Å². The monoisotopic (exact) mass is 703 g/mol. The standard InChI is InChI=1S/C31H51IN4O6/c1-21(2)16-24(33-29(39)41-20-23-12-9-8-10-13-23)18-36(32)15-11-14-25(27(37)19-36)34-28(38)26(17-22(3)4)35-30(40)42-31(5,6)7/h8-10,12-13,21-22,24-27,37H,11,14-20H2,1-7H3,(H2-,33,34,35,38,39,40)/p+1. The van der Waals surface area contributed by atoms with Crippen LogP contribution in [0, 0.1) is 11.8 Å². The van der Waals surface area contributed by atoms with E-state index < -0.39 is 36.0 Å². The summed E-state index contributed by atoms with van der Waals surface area (Å²) in [6, 6.07) is 8.20. The fraction of sp³-hybridized carbons (Fsp3) is 0.710. The van der Waals surface area contributed by atoms with Gasteiger partial charge >= 0.3 is 12.2 Å². The van der Waals surface area contributed by atoms with Gasteiger partial charge in [-0.1, -0.05) is 58.0 Å². The summed E-state index contributed by atoms with van der Waals surface area (Å²) < 4.78 is 11.4. The number of quaternary nitrogens is 1. The van der Waals surface area contributed by atoms with Crippen LogP contribution in [0.25, 0.3) is 0 Å². The smallest absolute Gasteiger partial charge is 0.408 e. The molecule has 1 saturated heterocycles. The van der Waals surface area contributed by atoms with E-state index >= 15 is 0 Å². The number of nitrogens with zero attached hydrogens (tertiary/aromatic N) is 1. The molecule has 1 aliphatic heterocycles. The van der Waals surface area contributed by atoms with Crippen LogP contribution >= 0.6 is 22.9 Å². The van der Waals surface area contributed by atoms with Gasteiger partial charge in [-0.3, -0.25) is 7.49 Å². The zero-order chi connectivity index (χ0) is 31.5. The number of alkyl carbamates (subject to hydrolysis) is 2. The fourth-order valence-electron chi connectivity index (χ4n) is 5.19. The largest absolute Gasteiger partial charge is 0.445 e. The number of hydrogen-bond donors (Lipinski definition) is 4. The van der Waals surface area contributed by atoms with Gasteiger partial charge in [-0.2, -0.15) is 0 Å². The Kier molecular flexibility index (Phi) is 14.3. The van der Waals surface area contributed by atoms with Gasteiger partial charge < -0.3 is 30.5 Å². The highest BCUT2D eigenvalue weighted by Crippen LogP contribution is 2.27. The average Bonchev–Trinajstić information content (AvgIpc) is 2.98. The molecule has 42 heavy (non-hydrogen) atoms. The molecule has 1 heterocycles. The Hall–Kier alpha value is -2.12. The van der Waals surface area contributed by atoms with Gasteiger partial charge in [0, 0.05) is 0 Å². The van der Waals surface area contributed by atoms with Crippen molar-refractivity contribution in [3.05, 3.63) is 35.9 Å². The predicted octanol–water partition coefficient (Wildman–Crippen LogP) is 5.07. The van der Waals surface area contributed by atoms with Crippen LogP contribution in [0.1, 0.15) is 79.7 Å². The molecule has 5 unspecified atom stereocenters. The zero-order valence-electron chi connectivity index (χ0n) is 26.3. The van der Waals surface area contributed by atoms with Gasteiger partial charge in [0.2, 0.25) is 28.8 Å². The summed E-state index contributed by atoms with van der Waals surface area (Å²) in [7, 11) is 0. The van der Waals surface area contributed by atoms with Gasteiger partial charge in [-0.15, -0.1) is 0 Å². The quantitative estimate of drug-likeness (QED) is 0.178. The number of amides is 3. The summed E-state index contributed by atoms with van der Waals surface area (Å²) >= 11 is 2.37. The molecule has 10 nitrogen and oxygen atoms in total. The lowest BCUT2D eigenvalue weighted by Crippen LogP contribution is -2.56. The molecule has 0 saturated carbocycles. The normalized spacial score (nSPS) is 22.5. The molecular weight excluding hydrogens is 651 g/mol. The van der Waals surface area contributed by atoms with Crippen molar-refractivity contribution in [2.75, 3.05) is 19.6 Å². The molecule has 1 aromatic carbocycles. The van der Waals surface area contributed by atoms with E-state index in [9.17, 15) is 19.5 Å². The summed E-state index contributed by atoms with van der Waals surface area (Å²) in [6.07, 6.45) is 0.722. The lowest BCUT2D eigenvalue weighted by atomic mass is 10.0. The van der Waals surface area contributed by atoms with Crippen LogP contribution in [0.15, 0.2) is 30.3 Å². The number of hydrogen-bond acceptors (Lipinski definition) is 6. The molecule has 0 radical (unpaired) electrons. The van der Waals surface area contributed by atoms with Crippen molar-refractivity contribution in [1.29, 1.82) is 0 Å². The third kappa shape index (κ3) is 13.9. The number of nitrogens with one attached hydrogen (secondary N) is 3. The third-order valence-corrected chi connectivity index (χ3v) is 8.20. The van der Waals surface area contributed by atoms with E-state index in [4.69, 9.17) is 9.47 Å². The van der Waals surface area contributed by atoms with E-state index in [1.807, 2.05) is 44.2 Å². The number of rotatable bonds is 12. The van der Waals surface area contributed by atoms with Gasteiger partial charge in [0.25, 0.3) is 0 Å². The van der Waals surface area contributed by atoms with Crippen molar-refractivity contribution >= 4 is 41.0 Å². The number of aliphatic hydroxyl groups is 1. The van der Waals surface area contributed by atoms with Gasteiger partial charge in [-0.25, -0.2) is 9.59 Å². The minimum atomic E-state index is -0.792. The van der Waals surface area contributed by atoms with Crippen LogP contribution in [0.3, 0.4) is 0 Å². The lowest BCUT2D eigenvalue weighted by molar-refractivity contribution is -0.758. The molecule has 0 spiro atoms. The summed E-state index contributed by atoms with van der Waals surface area (Å²) in [5, 5.41) is 20.0.